The fourth-order valence-electron chi connectivity index (χ4n) is 4.65. The van der Waals surface area contributed by atoms with Crippen molar-refractivity contribution < 1.29 is 18.7 Å². The van der Waals surface area contributed by atoms with Gasteiger partial charge in [0.05, 0.1) is 18.8 Å². The lowest BCUT2D eigenvalue weighted by atomic mass is 9.94. The summed E-state index contributed by atoms with van der Waals surface area (Å²) in [6, 6.07) is 18.4. The first kappa shape index (κ1) is 26.8. The summed E-state index contributed by atoms with van der Waals surface area (Å²) in [4.78, 5) is 11.4. The van der Waals surface area contributed by atoms with Gasteiger partial charge in [0.2, 0.25) is 0 Å². The van der Waals surface area contributed by atoms with Crippen LogP contribution in [0.15, 0.2) is 65.1 Å². The predicted molar refractivity (Wildman–Crippen MR) is 146 cm³/mol. The van der Waals surface area contributed by atoms with Crippen LogP contribution in [0.4, 0.5) is 4.39 Å². The Labute approximate surface area is 226 Å². The number of ether oxygens (including phenoxy) is 2. The summed E-state index contributed by atoms with van der Waals surface area (Å²) in [5.41, 5.74) is 3.97. The van der Waals surface area contributed by atoms with E-state index in [2.05, 4.69) is 22.0 Å². The maximum atomic E-state index is 14.0. The lowest BCUT2D eigenvalue weighted by molar-refractivity contribution is -0.117. The number of halogens is 3. The Morgan fingerprint density at radius 3 is 2.47 bits per heavy atom. The molecule has 0 saturated heterocycles. The van der Waals surface area contributed by atoms with E-state index < -0.39 is 0 Å². The van der Waals surface area contributed by atoms with Crippen LogP contribution in [0.2, 0.25) is 5.02 Å². The number of Topliss-reactive ketones (excluding diaryl/α,β-unsaturated/α-hetero) is 1. The quantitative estimate of drug-likeness (QED) is 0.243. The molecule has 1 aliphatic carbocycles. The van der Waals surface area contributed by atoms with Gasteiger partial charge >= 0.3 is 0 Å². The van der Waals surface area contributed by atoms with Crippen molar-refractivity contribution in [2.24, 2.45) is 0 Å². The van der Waals surface area contributed by atoms with Gasteiger partial charge in [0.1, 0.15) is 17.3 Å². The predicted octanol–water partition coefficient (Wildman–Crippen LogP) is 8.73. The zero-order valence-electron chi connectivity index (χ0n) is 20.4. The normalized spacial score (nSPS) is 17.7. The Morgan fingerprint density at radius 1 is 1.00 bits per heavy atom. The Kier molecular flexibility index (Phi) is 9.58. The molecule has 1 aliphatic rings. The molecule has 6 heteroatoms. The second-order valence-corrected chi connectivity index (χ2v) is 10.7. The number of aryl methyl sites for hydroxylation is 1. The van der Waals surface area contributed by atoms with Crippen molar-refractivity contribution in [1.82, 2.24) is 0 Å². The summed E-state index contributed by atoms with van der Waals surface area (Å²) in [7, 11) is 0. The number of ketones is 1. The smallest absolute Gasteiger partial charge is 0.129 e. The van der Waals surface area contributed by atoms with E-state index in [1.54, 1.807) is 19.1 Å². The van der Waals surface area contributed by atoms with E-state index in [9.17, 15) is 9.18 Å². The number of hydrogen-bond donors (Lipinski definition) is 0. The molecule has 4 rings (SSSR count). The van der Waals surface area contributed by atoms with E-state index in [1.165, 1.54) is 6.07 Å². The van der Waals surface area contributed by atoms with E-state index in [0.717, 1.165) is 71.0 Å². The van der Waals surface area contributed by atoms with Crippen LogP contribution in [0.25, 0.3) is 11.1 Å². The molecule has 0 radical (unpaired) electrons. The molecule has 3 aromatic rings. The van der Waals surface area contributed by atoms with Gasteiger partial charge in [-0.3, -0.25) is 0 Å². The first-order chi connectivity index (χ1) is 17.4. The van der Waals surface area contributed by atoms with Crippen LogP contribution < -0.4 is 4.74 Å². The molecule has 1 saturated carbocycles. The molecule has 3 aromatic carbocycles. The van der Waals surface area contributed by atoms with Crippen LogP contribution in [0, 0.1) is 5.82 Å². The van der Waals surface area contributed by atoms with Crippen LogP contribution in [0.1, 0.15) is 56.6 Å². The minimum absolute atomic E-state index is 0.121. The minimum Gasteiger partial charge on any atom is -0.490 e. The van der Waals surface area contributed by atoms with E-state index in [4.69, 9.17) is 21.1 Å². The summed E-state index contributed by atoms with van der Waals surface area (Å²) in [5.74, 6) is 0.708. The molecule has 0 N–H and O–H groups in total. The van der Waals surface area contributed by atoms with E-state index in [-0.39, 0.29) is 23.8 Å². The van der Waals surface area contributed by atoms with Crippen LogP contribution in [-0.2, 0) is 22.6 Å². The third-order valence-corrected chi connectivity index (χ3v) is 7.58. The van der Waals surface area contributed by atoms with Gasteiger partial charge in [0, 0.05) is 15.9 Å². The van der Waals surface area contributed by atoms with Gasteiger partial charge in [0.15, 0.2) is 0 Å². The minimum atomic E-state index is -0.266. The maximum Gasteiger partial charge on any atom is 0.129 e. The maximum absolute atomic E-state index is 14.0. The molecule has 0 unspecified atom stereocenters. The molecule has 0 aromatic heterocycles. The van der Waals surface area contributed by atoms with Crippen molar-refractivity contribution in [1.29, 1.82) is 0 Å². The second kappa shape index (κ2) is 12.8. The highest BCUT2D eigenvalue weighted by Crippen LogP contribution is 2.33. The number of carbonyl (C=O) groups excluding carboxylic acids is 1. The van der Waals surface area contributed by atoms with E-state index in [0.29, 0.717) is 18.1 Å². The standard InChI is InChI=1S/C30H31BrClFO3/c1-20(34)4-2-5-21-9-11-28(18-29(21)22-6-3-7-25(33)16-22)36-27-14-12-26(13-15-27)35-19-23-8-10-24(32)17-30(23)31/h3,6-11,16-18,26-27H,2,4-5,12-15,19H2,1H3. The number of rotatable bonds is 10. The first-order valence-electron chi connectivity index (χ1n) is 12.5. The molecule has 0 bridgehead atoms. The van der Waals surface area contributed by atoms with Crippen molar-refractivity contribution in [2.45, 2.75) is 70.7 Å². The zero-order valence-corrected chi connectivity index (χ0v) is 22.8. The monoisotopic (exact) mass is 572 g/mol. The fourth-order valence-corrected chi connectivity index (χ4v) is 5.45. The second-order valence-electron chi connectivity index (χ2n) is 9.45. The summed E-state index contributed by atoms with van der Waals surface area (Å²) in [6.07, 6.45) is 6.12. The highest BCUT2D eigenvalue weighted by molar-refractivity contribution is 9.10. The van der Waals surface area contributed by atoms with Gasteiger partial charge in [-0.05, 0) is 104 Å². The van der Waals surface area contributed by atoms with Gasteiger partial charge in [-0.25, -0.2) is 4.39 Å². The van der Waals surface area contributed by atoms with E-state index >= 15 is 0 Å². The highest BCUT2D eigenvalue weighted by atomic mass is 79.9. The Bertz CT molecular complexity index is 1190. The van der Waals surface area contributed by atoms with Crippen LogP contribution in [-0.4, -0.2) is 18.0 Å². The molecule has 190 valence electrons. The average Bonchev–Trinajstić information content (AvgIpc) is 2.85. The molecular weight excluding hydrogens is 543 g/mol. The molecule has 0 spiro atoms. The summed E-state index contributed by atoms with van der Waals surface area (Å²) in [5, 5.41) is 0.702. The Balaban J connectivity index is 1.37. The number of benzene rings is 3. The van der Waals surface area contributed by atoms with Crippen molar-refractivity contribution in [3.05, 3.63) is 87.1 Å². The first-order valence-corrected chi connectivity index (χ1v) is 13.6. The molecule has 3 nitrogen and oxygen atoms in total. The van der Waals surface area contributed by atoms with Gasteiger partial charge in [-0.2, -0.15) is 0 Å². The average molecular weight is 574 g/mol. The highest BCUT2D eigenvalue weighted by Gasteiger charge is 2.23. The third-order valence-electron chi connectivity index (χ3n) is 6.61. The topological polar surface area (TPSA) is 35.5 Å². The van der Waals surface area contributed by atoms with Crippen molar-refractivity contribution in [2.75, 3.05) is 0 Å². The zero-order chi connectivity index (χ0) is 25.5. The number of hydrogen-bond acceptors (Lipinski definition) is 3. The van der Waals surface area contributed by atoms with Crippen molar-refractivity contribution in [3.63, 3.8) is 0 Å². The van der Waals surface area contributed by atoms with Gasteiger partial charge in [-0.1, -0.05) is 51.8 Å². The lowest BCUT2D eigenvalue weighted by Crippen LogP contribution is -2.28. The molecule has 0 amide bonds. The lowest BCUT2D eigenvalue weighted by Gasteiger charge is -2.29. The SMILES string of the molecule is CC(=O)CCCc1ccc(OC2CCC(OCc3ccc(Cl)cc3Br)CC2)cc1-c1cccc(F)c1. The van der Waals surface area contributed by atoms with Crippen LogP contribution in [0.3, 0.4) is 0 Å². The molecular formula is C30H31BrClFO3. The van der Waals surface area contributed by atoms with Crippen molar-refractivity contribution >= 4 is 33.3 Å². The molecule has 0 heterocycles. The third kappa shape index (κ3) is 7.64. The Morgan fingerprint density at radius 2 is 1.75 bits per heavy atom. The largest absolute Gasteiger partial charge is 0.490 e. The molecule has 0 atom stereocenters. The van der Waals surface area contributed by atoms with Crippen LogP contribution in [0.5, 0.6) is 5.75 Å². The summed E-state index contributed by atoms with van der Waals surface area (Å²) < 4.78 is 27.5. The number of carbonyl (C=O) groups is 1. The van der Waals surface area contributed by atoms with Gasteiger partial charge in [0.25, 0.3) is 0 Å². The molecule has 0 aliphatic heterocycles. The summed E-state index contributed by atoms with van der Waals surface area (Å²) in [6.45, 7) is 2.16. The van der Waals surface area contributed by atoms with Gasteiger partial charge < -0.3 is 14.3 Å². The Hall–Kier alpha value is -2.21. The van der Waals surface area contributed by atoms with Gasteiger partial charge in [-0.15, -0.1) is 0 Å². The van der Waals surface area contributed by atoms with Crippen LogP contribution >= 0.6 is 27.5 Å². The molecule has 1 fully saturated rings. The summed E-state index contributed by atoms with van der Waals surface area (Å²) >= 11 is 9.58. The molecule has 36 heavy (non-hydrogen) atoms. The van der Waals surface area contributed by atoms with Crippen molar-refractivity contribution in [3.8, 4) is 16.9 Å². The van der Waals surface area contributed by atoms with E-state index in [1.807, 2.05) is 36.4 Å². The fraction of sp³-hybridized carbons (Fsp3) is 0.367.